The number of unbranched alkanes of at least 4 members (excludes halogenated alkanes) is 2. The van der Waals surface area contributed by atoms with E-state index >= 15 is 0 Å². The monoisotopic (exact) mass is 315 g/mol. The van der Waals surface area contributed by atoms with Crippen LogP contribution < -0.4 is 9.83 Å². The maximum atomic E-state index is 12.0. The number of sulfonamides is 1. The smallest absolute Gasteiger partial charge is 0.289 e. The lowest BCUT2D eigenvalue weighted by Crippen LogP contribution is -2.25. The Morgan fingerprint density at radius 2 is 1.86 bits per heavy atom. The Balaban J connectivity index is 2.58. The number of carbonyl (C=O) groups excluding carboxylic acids is 1. The van der Waals surface area contributed by atoms with Crippen molar-refractivity contribution in [2.75, 3.05) is 6.54 Å². The molecule has 0 aliphatic rings. The van der Waals surface area contributed by atoms with Crippen LogP contribution >= 0.6 is 0 Å². The molecule has 0 amide bonds. The fourth-order valence-corrected chi connectivity index (χ4v) is 2.93. The largest absolute Gasteiger partial charge is 0.550 e. The van der Waals surface area contributed by atoms with Crippen LogP contribution in [0.25, 0.3) is 0 Å². The van der Waals surface area contributed by atoms with Gasteiger partial charge in [0.25, 0.3) is 5.69 Å². The van der Waals surface area contributed by atoms with E-state index in [1.165, 1.54) is 12.1 Å². The SMILES string of the molecule is O=C([O-])CCCCCNS(=O)(=O)c1ccccc1[N+](=O)[O-]. The van der Waals surface area contributed by atoms with Crippen LogP contribution in [0.3, 0.4) is 0 Å². The molecule has 0 aliphatic carbocycles. The van der Waals surface area contributed by atoms with E-state index in [1.54, 1.807) is 0 Å². The van der Waals surface area contributed by atoms with Gasteiger partial charge in [-0.15, -0.1) is 0 Å². The van der Waals surface area contributed by atoms with Crippen molar-refractivity contribution in [2.24, 2.45) is 0 Å². The van der Waals surface area contributed by atoms with Crippen molar-refractivity contribution in [1.29, 1.82) is 0 Å². The summed E-state index contributed by atoms with van der Waals surface area (Å²) < 4.78 is 26.2. The number of hydrogen-bond donors (Lipinski definition) is 1. The molecule has 0 aromatic heterocycles. The van der Waals surface area contributed by atoms with Gasteiger partial charge in [0.2, 0.25) is 10.0 Å². The van der Waals surface area contributed by atoms with Crippen molar-refractivity contribution in [1.82, 2.24) is 4.72 Å². The lowest BCUT2D eigenvalue weighted by atomic mass is 10.2. The van der Waals surface area contributed by atoms with Crippen molar-refractivity contribution < 1.29 is 23.2 Å². The molecule has 1 aromatic rings. The quantitative estimate of drug-likeness (QED) is 0.393. The second kappa shape index (κ2) is 7.70. The summed E-state index contributed by atoms with van der Waals surface area (Å²) in [5.41, 5.74) is -0.484. The first-order chi connectivity index (χ1) is 9.84. The van der Waals surface area contributed by atoms with Gasteiger partial charge >= 0.3 is 0 Å². The van der Waals surface area contributed by atoms with E-state index in [1.807, 2.05) is 0 Å². The Hall–Kier alpha value is -2.00. The van der Waals surface area contributed by atoms with Crippen LogP contribution in [0.5, 0.6) is 0 Å². The van der Waals surface area contributed by atoms with Crippen molar-refractivity contribution in [3.63, 3.8) is 0 Å². The van der Waals surface area contributed by atoms with E-state index in [2.05, 4.69) is 4.72 Å². The number of carbonyl (C=O) groups is 1. The number of nitro groups is 1. The highest BCUT2D eigenvalue weighted by atomic mass is 32.2. The molecule has 0 radical (unpaired) electrons. The van der Waals surface area contributed by atoms with Gasteiger partial charge in [-0.05, 0) is 25.3 Å². The number of nitrogens with one attached hydrogen (secondary N) is 1. The van der Waals surface area contributed by atoms with Crippen molar-refractivity contribution >= 4 is 21.7 Å². The van der Waals surface area contributed by atoms with Crippen LogP contribution in [0.4, 0.5) is 5.69 Å². The number of para-hydroxylation sites is 1. The summed E-state index contributed by atoms with van der Waals surface area (Å²) in [6.07, 6.45) is 1.28. The molecule has 0 saturated heterocycles. The lowest BCUT2D eigenvalue weighted by molar-refractivity contribution is -0.387. The normalized spacial score (nSPS) is 11.2. The average Bonchev–Trinajstić information content (AvgIpc) is 2.42. The number of rotatable bonds is 9. The predicted octanol–water partition coefficient (Wildman–Crippen LogP) is 0.183. The maximum Gasteiger partial charge on any atom is 0.289 e. The van der Waals surface area contributed by atoms with Crippen molar-refractivity contribution in [3.05, 3.63) is 34.4 Å². The van der Waals surface area contributed by atoms with Crippen LogP contribution in [0.2, 0.25) is 0 Å². The van der Waals surface area contributed by atoms with Gasteiger partial charge in [-0.3, -0.25) is 10.1 Å². The highest BCUT2D eigenvalue weighted by Gasteiger charge is 2.24. The van der Waals surface area contributed by atoms with Gasteiger partial charge in [0, 0.05) is 18.6 Å². The van der Waals surface area contributed by atoms with Crippen molar-refractivity contribution in [2.45, 2.75) is 30.6 Å². The molecule has 0 unspecified atom stereocenters. The third-order valence-electron chi connectivity index (χ3n) is 2.70. The zero-order chi connectivity index (χ0) is 15.9. The summed E-state index contributed by atoms with van der Waals surface area (Å²) in [6, 6.07) is 5.07. The van der Waals surface area contributed by atoms with Gasteiger partial charge < -0.3 is 9.90 Å². The number of aliphatic carboxylic acids is 1. The van der Waals surface area contributed by atoms with Gasteiger partial charge in [0.05, 0.1) is 4.92 Å². The standard InChI is InChI=1S/C12H16N2O6S/c15-12(16)8-2-1-5-9-13-21(19,20)11-7-4-3-6-10(11)14(17)18/h3-4,6-7,13H,1-2,5,8-9H2,(H,15,16)/p-1. The first-order valence-electron chi connectivity index (χ1n) is 6.27. The highest BCUT2D eigenvalue weighted by Crippen LogP contribution is 2.22. The number of carboxylic acids is 1. The minimum atomic E-state index is -3.96. The van der Waals surface area contributed by atoms with Crippen LogP contribution in [0.15, 0.2) is 29.2 Å². The van der Waals surface area contributed by atoms with E-state index < -0.39 is 26.6 Å². The summed E-state index contributed by atoms with van der Waals surface area (Å²) in [5, 5.41) is 21.0. The molecule has 1 N–H and O–H groups in total. The zero-order valence-corrected chi connectivity index (χ0v) is 12.0. The van der Waals surface area contributed by atoms with Gasteiger partial charge in [-0.1, -0.05) is 18.6 Å². The number of benzene rings is 1. The van der Waals surface area contributed by atoms with E-state index in [0.717, 1.165) is 12.1 Å². The molecule has 0 aliphatic heterocycles. The topological polar surface area (TPSA) is 129 Å². The molecule has 1 rings (SSSR count). The molecule has 0 bridgehead atoms. The average molecular weight is 315 g/mol. The molecular weight excluding hydrogens is 300 g/mol. The molecule has 0 atom stereocenters. The Morgan fingerprint density at radius 3 is 2.48 bits per heavy atom. The molecule has 0 saturated carbocycles. The molecule has 1 aromatic carbocycles. The summed E-state index contributed by atoms with van der Waals surface area (Å²) >= 11 is 0. The minimum absolute atomic E-state index is 0.0725. The number of carboxylic acid groups (broad SMARTS) is 1. The van der Waals surface area contributed by atoms with Gasteiger partial charge in [0.1, 0.15) is 0 Å². The van der Waals surface area contributed by atoms with E-state index in [9.17, 15) is 28.4 Å². The maximum absolute atomic E-state index is 12.0. The second-order valence-electron chi connectivity index (χ2n) is 4.31. The highest BCUT2D eigenvalue weighted by molar-refractivity contribution is 7.89. The molecular formula is C12H15N2O6S-. The molecule has 0 spiro atoms. The van der Waals surface area contributed by atoms with Crippen LogP contribution in [-0.4, -0.2) is 25.9 Å². The Bertz CT molecular complexity index is 614. The molecule has 21 heavy (non-hydrogen) atoms. The van der Waals surface area contributed by atoms with Crippen LogP contribution in [0.1, 0.15) is 25.7 Å². The third kappa shape index (κ3) is 5.48. The van der Waals surface area contributed by atoms with E-state index in [0.29, 0.717) is 19.3 Å². The first kappa shape index (κ1) is 17.1. The minimum Gasteiger partial charge on any atom is -0.550 e. The Labute approximate surface area is 122 Å². The predicted molar refractivity (Wildman–Crippen MR) is 71.8 cm³/mol. The van der Waals surface area contributed by atoms with Crippen molar-refractivity contribution in [3.8, 4) is 0 Å². The summed E-state index contributed by atoms with van der Waals surface area (Å²) in [6.45, 7) is 0.0848. The summed E-state index contributed by atoms with van der Waals surface area (Å²) in [7, 11) is -3.96. The number of nitrogens with zero attached hydrogens (tertiary/aromatic N) is 1. The molecule has 116 valence electrons. The van der Waals surface area contributed by atoms with E-state index in [4.69, 9.17) is 0 Å². The number of nitro benzene ring substituents is 1. The lowest BCUT2D eigenvalue weighted by Gasteiger charge is -2.07. The summed E-state index contributed by atoms with van der Waals surface area (Å²) in [4.78, 5) is 19.9. The van der Waals surface area contributed by atoms with E-state index in [-0.39, 0.29) is 17.9 Å². The first-order valence-corrected chi connectivity index (χ1v) is 7.76. The Kier molecular flexibility index (Phi) is 6.25. The fourth-order valence-electron chi connectivity index (χ4n) is 1.69. The molecule has 9 heteroatoms. The molecule has 0 heterocycles. The van der Waals surface area contributed by atoms with Crippen LogP contribution in [0, 0.1) is 10.1 Å². The van der Waals surface area contributed by atoms with Crippen LogP contribution in [-0.2, 0) is 14.8 Å². The molecule has 0 fully saturated rings. The summed E-state index contributed by atoms with van der Waals surface area (Å²) in [5.74, 6) is -1.14. The number of hydrogen-bond acceptors (Lipinski definition) is 6. The van der Waals surface area contributed by atoms with Gasteiger partial charge in [-0.2, -0.15) is 0 Å². The third-order valence-corrected chi connectivity index (χ3v) is 4.21. The van der Waals surface area contributed by atoms with Gasteiger partial charge in [-0.25, -0.2) is 13.1 Å². The Morgan fingerprint density at radius 1 is 1.19 bits per heavy atom. The second-order valence-corrected chi connectivity index (χ2v) is 6.04. The zero-order valence-electron chi connectivity index (χ0n) is 11.1. The fraction of sp³-hybridized carbons (Fsp3) is 0.417. The van der Waals surface area contributed by atoms with Gasteiger partial charge in [0.15, 0.2) is 4.90 Å². The molecule has 8 nitrogen and oxygen atoms in total.